The molecule has 1 aliphatic heterocycles. The Kier molecular flexibility index (Phi) is 8.63. The molecule has 0 radical (unpaired) electrons. The number of carbonyl (C=O) groups is 3. The number of nitrogens with two attached hydrogens (primary N) is 1. The largest absolute Gasteiger partial charge is 0.377 e. The van der Waals surface area contributed by atoms with E-state index in [1.807, 2.05) is 30.3 Å². The third-order valence-electron chi connectivity index (χ3n) is 3.91. The summed E-state index contributed by atoms with van der Waals surface area (Å²) in [7, 11) is 0. The van der Waals surface area contributed by atoms with Crippen LogP contribution in [0, 0.1) is 0 Å². The molecule has 0 aliphatic carbocycles. The van der Waals surface area contributed by atoms with Gasteiger partial charge >= 0.3 is 0 Å². The summed E-state index contributed by atoms with van der Waals surface area (Å²) >= 11 is 0. The molecule has 1 heterocycles. The zero-order valence-corrected chi connectivity index (χ0v) is 15.1. The van der Waals surface area contributed by atoms with Crippen LogP contribution < -0.4 is 11.1 Å². The SMILES string of the molecule is NC(Cc1ccccc1)C(=O)NCCOCCOCCN1C(=O)C=CC1=O. The average Bonchev–Trinajstić information content (AvgIpc) is 2.99. The van der Waals surface area contributed by atoms with E-state index in [1.165, 1.54) is 12.2 Å². The van der Waals surface area contributed by atoms with E-state index in [1.54, 1.807) is 0 Å². The van der Waals surface area contributed by atoms with Gasteiger partial charge in [0.1, 0.15) is 0 Å². The highest BCUT2D eigenvalue weighted by molar-refractivity contribution is 6.12. The van der Waals surface area contributed by atoms with Crippen LogP contribution in [0.5, 0.6) is 0 Å². The topological polar surface area (TPSA) is 111 Å². The van der Waals surface area contributed by atoms with Crippen LogP contribution in [-0.2, 0) is 30.3 Å². The van der Waals surface area contributed by atoms with E-state index >= 15 is 0 Å². The Morgan fingerprint density at radius 1 is 1.00 bits per heavy atom. The first kappa shape index (κ1) is 20.8. The highest BCUT2D eigenvalue weighted by Gasteiger charge is 2.22. The average molecular weight is 375 g/mol. The number of ether oxygens (including phenoxy) is 2. The van der Waals surface area contributed by atoms with Gasteiger partial charge in [0.15, 0.2) is 0 Å². The lowest BCUT2D eigenvalue weighted by Gasteiger charge is -2.14. The molecule has 8 heteroatoms. The molecule has 0 spiro atoms. The van der Waals surface area contributed by atoms with Gasteiger partial charge in [0.2, 0.25) is 5.91 Å². The molecule has 1 aromatic carbocycles. The smallest absolute Gasteiger partial charge is 0.253 e. The van der Waals surface area contributed by atoms with E-state index in [4.69, 9.17) is 15.2 Å². The fourth-order valence-electron chi connectivity index (χ4n) is 2.47. The van der Waals surface area contributed by atoms with E-state index in [9.17, 15) is 14.4 Å². The summed E-state index contributed by atoms with van der Waals surface area (Å²) in [6.45, 7) is 1.88. The molecule has 3 amide bonds. The van der Waals surface area contributed by atoms with Crippen LogP contribution in [0.25, 0.3) is 0 Å². The van der Waals surface area contributed by atoms with Crippen molar-refractivity contribution in [2.45, 2.75) is 12.5 Å². The summed E-state index contributed by atoms with van der Waals surface area (Å²) in [5.41, 5.74) is 6.90. The van der Waals surface area contributed by atoms with Crippen molar-refractivity contribution >= 4 is 17.7 Å². The second-order valence-electron chi connectivity index (χ2n) is 5.97. The summed E-state index contributed by atoms with van der Waals surface area (Å²) in [4.78, 5) is 35.7. The number of benzene rings is 1. The molecular formula is C19H25N3O5. The fraction of sp³-hybridized carbons (Fsp3) is 0.421. The van der Waals surface area contributed by atoms with Crippen molar-refractivity contribution in [1.82, 2.24) is 10.2 Å². The van der Waals surface area contributed by atoms with Crippen molar-refractivity contribution in [3.05, 3.63) is 48.0 Å². The maximum Gasteiger partial charge on any atom is 0.253 e. The molecule has 0 saturated carbocycles. The van der Waals surface area contributed by atoms with Gasteiger partial charge < -0.3 is 20.5 Å². The Morgan fingerprint density at radius 2 is 1.63 bits per heavy atom. The van der Waals surface area contributed by atoms with Gasteiger partial charge in [0, 0.05) is 18.7 Å². The van der Waals surface area contributed by atoms with Gasteiger partial charge in [-0.2, -0.15) is 0 Å². The monoisotopic (exact) mass is 375 g/mol. The lowest BCUT2D eigenvalue weighted by molar-refractivity contribution is -0.137. The lowest BCUT2D eigenvalue weighted by atomic mass is 10.1. The van der Waals surface area contributed by atoms with Gasteiger partial charge in [-0.15, -0.1) is 0 Å². The Balaban J connectivity index is 1.44. The third kappa shape index (κ3) is 7.30. The maximum absolute atomic E-state index is 11.9. The van der Waals surface area contributed by atoms with E-state index < -0.39 is 6.04 Å². The van der Waals surface area contributed by atoms with Crippen LogP contribution >= 0.6 is 0 Å². The van der Waals surface area contributed by atoms with Crippen molar-refractivity contribution in [2.24, 2.45) is 5.73 Å². The summed E-state index contributed by atoms with van der Waals surface area (Å²) < 4.78 is 10.7. The number of carbonyl (C=O) groups excluding carboxylic acids is 3. The summed E-state index contributed by atoms with van der Waals surface area (Å²) in [5, 5.41) is 2.73. The Labute approximate surface area is 158 Å². The molecule has 1 aromatic rings. The quantitative estimate of drug-likeness (QED) is 0.381. The van der Waals surface area contributed by atoms with Crippen molar-refractivity contribution < 1.29 is 23.9 Å². The van der Waals surface area contributed by atoms with Crippen LogP contribution in [0.2, 0.25) is 0 Å². The van der Waals surface area contributed by atoms with Crippen LogP contribution in [0.4, 0.5) is 0 Å². The molecule has 1 atom stereocenters. The minimum atomic E-state index is -0.596. The molecule has 3 N–H and O–H groups in total. The molecular weight excluding hydrogens is 350 g/mol. The zero-order chi connectivity index (χ0) is 19.5. The first-order valence-corrected chi connectivity index (χ1v) is 8.84. The van der Waals surface area contributed by atoms with Gasteiger partial charge in [-0.1, -0.05) is 30.3 Å². The van der Waals surface area contributed by atoms with E-state index in [-0.39, 0.29) is 30.9 Å². The van der Waals surface area contributed by atoms with Gasteiger partial charge in [-0.3, -0.25) is 19.3 Å². The fourth-order valence-corrected chi connectivity index (χ4v) is 2.47. The molecule has 8 nitrogen and oxygen atoms in total. The first-order chi connectivity index (χ1) is 13.1. The first-order valence-electron chi connectivity index (χ1n) is 8.84. The van der Waals surface area contributed by atoms with Crippen LogP contribution in [-0.4, -0.2) is 68.2 Å². The minimum Gasteiger partial charge on any atom is -0.377 e. The zero-order valence-electron chi connectivity index (χ0n) is 15.1. The van der Waals surface area contributed by atoms with E-state index in [0.29, 0.717) is 32.8 Å². The van der Waals surface area contributed by atoms with Gasteiger partial charge in [0.05, 0.1) is 39.0 Å². The van der Waals surface area contributed by atoms with Gasteiger partial charge in [-0.25, -0.2) is 0 Å². The third-order valence-corrected chi connectivity index (χ3v) is 3.91. The summed E-state index contributed by atoms with van der Waals surface area (Å²) in [6, 6.07) is 9.01. The van der Waals surface area contributed by atoms with Crippen molar-refractivity contribution in [1.29, 1.82) is 0 Å². The van der Waals surface area contributed by atoms with Gasteiger partial charge in [-0.05, 0) is 12.0 Å². The number of rotatable bonds is 12. The standard InChI is InChI=1S/C19H25N3O5/c20-16(14-15-4-2-1-3-5-15)19(25)21-8-10-26-12-13-27-11-9-22-17(23)6-7-18(22)24/h1-7,16H,8-14,20H2,(H,21,25). The lowest BCUT2D eigenvalue weighted by Crippen LogP contribution is -2.43. The molecule has 146 valence electrons. The molecule has 2 rings (SSSR count). The Hall–Kier alpha value is -2.55. The van der Waals surface area contributed by atoms with E-state index in [0.717, 1.165) is 10.5 Å². The highest BCUT2D eigenvalue weighted by atomic mass is 16.5. The molecule has 0 bridgehead atoms. The molecule has 0 saturated heterocycles. The van der Waals surface area contributed by atoms with E-state index in [2.05, 4.69) is 5.32 Å². The number of hydrogen-bond donors (Lipinski definition) is 2. The number of imide groups is 1. The van der Waals surface area contributed by atoms with Crippen molar-refractivity contribution in [3.8, 4) is 0 Å². The predicted molar refractivity (Wildman–Crippen MR) is 98.6 cm³/mol. The van der Waals surface area contributed by atoms with Crippen LogP contribution in [0.15, 0.2) is 42.5 Å². The summed E-state index contributed by atoms with van der Waals surface area (Å²) in [6.07, 6.45) is 2.97. The minimum absolute atomic E-state index is 0.215. The Morgan fingerprint density at radius 3 is 2.30 bits per heavy atom. The molecule has 0 fully saturated rings. The predicted octanol–water partition coefficient (Wildman–Crippen LogP) is -0.369. The molecule has 27 heavy (non-hydrogen) atoms. The summed E-state index contributed by atoms with van der Waals surface area (Å²) in [5.74, 6) is -0.852. The van der Waals surface area contributed by atoms with Crippen LogP contribution in [0.1, 0.15) is 5.56 Å². The van der Waals surface area contributed by atoms with Crippen molar-refractivity contribution in [3.63, 3.8) is 0 Å². The van der Waals surface area contributed by atoms with Crippen molar-refractivity contribution in [2.75, 3.05) is 39.5 Å². The van der Waals surface area contributed by atoms with Gasteiger partial charge in [0.25, 0.3) is 11.8 Å². The number of nitrogens with one attached hydrogen (secondary N) is 1. The Bertz CT molecular complexity index is 645. The molecule has 0 aromatic heterocycles. The number of nitrogens with zero attached hydrogens (tertiary/aromatic N) is 1. The number of hydrogen-bond acceptors (Lipinski definition) is 6. The second-order valence-corrected chi connectivity index (χ2v) is 5.97. The normalized spacial score (nSPS) is 14.6. The highest BCUT2D eigenvalue weighted by Crippen LogP contribution is 2.03. The second kappa shape index (κ2) is 11.2. The molecule has 1 aliphatic rings. The number of amides is 3. The maximum atomic E-state index is 11.9. The van der Waals surface area contributed by atoms with Crippen LogP contribution in [0.3, 0.4) is 0 Å². The molecule has 1 unspecified atom stereocenters.